The van der Waals surface area contributed by atoms with Crippen molar-refractivity contribution in [2.24, 2.45) is 46.3 Å². The van der Waals surface area contributed by atoms with Crippen molar-refractivity contribution in [1.82, 2.24) is 0 Å². The van der Waals surface area contributed by atoms with Crippen molar-refractivity contribution in [2.75, 3.05) is 0 Å². The molecule has 0 aromatic heterocycles. The van der Waals surface area contributed by atoms with E-state index in [2.05, 4.69) is 55.4 Å². The third kappa shape index (κ3) is 5.01. The molecule has 0 aromatic carbocycles. The summed E-state index contributed by atoms with van der Waals surface area (Å²) in [7, 11) is 0. The van der Waals surface area contributed by atoms with E-state index in [-0.39, 0.29) is 23.0 Å². The Morgan fingerprint density at radius 2 is 0.960 bits per heavy atom. The van der Waals surface area contributed by atoms with Crippen molar-refractivity contribution in [3.63, 3.8) is 0 Å². The number of aliphatic hydroxyl groups is 2. The van der Waals surface area contributed by atoms with Crippen molar-refractivity contribution in [3.8, 4) is 0 Å². The van der Waals surface area contributed by atoms with Crippen LogP contribution in [0, 0.1) is 46.3 Å². The van der Waals surface area contributed by atoms with Crippen LogP contribution in [0.25, 0.3) is 0 Å². The molecular weight excluding hydrogens is 308 g/mol. The van der Waals surface area contributed by atoms with E-state index in [9.17, 15) is 10.2 Å². The second-order valence-electron chi connectivity index (χ2n) is 11.7. The van der Waals surface area contributed by atoms with Crippen LogP contribution in [0.5, 0.6) is 0 Å². The summed E-state index contributed by atoms with van der Waals surface area (Å²) in [4.78, 5) is 0. The molecule has 2 aliphatic carbocycles. The van der Waals surface area contributed by atoms with E-state index < -0.39 is 0 Å². The molecule has 148 valence electrons. The molecule has 2 fully saturated rings. The van der Waals surface area contributed by atoms with Crippen LogP contribution < -0.4 is 0 Å². The summed E-state index contributed by atoms with van der Waals surface area (Å²) in [5.74, 6) is 3.49. The molecule has 25 heavy (non-hydrogen) atoms. The Morgan fingerprint density at radius 1 is 0.640 bits per heavy atom. The molecule has 2 saturated carbocycles. The molecule has 2 rings (SSSR count). The quantitative estimate of drug-likeness (QED) is 0.687. The van der Waals surface area contributed by atoms with Crippen LogP contribution in [0.1, 0.15) is 87.5 Å². The molecule has 0 spiro atoms. The molecule has 0 aromatic rings. The molecule has 0 radical (unpaired) electrons. The Bertz CT molecular complexity index is 390. The van der Waals surface area contributed by atoms with Gasteiger partial charge in [0.15, 0.2) is 0 Å². The molecular formula is C23H44O2. The number of hydrogen-bond acceptors (Lipinski definition) is 2. The fourth-order valence-electron chi connectivity index (χ4n) is 5.81. The van der Waals surface area contributed by atoms with Gasteiger partial charge in [-0.25, -0.2) is 0 Å². The van der Waals surface area contributed by atoms with Gasteiger partial charge in [0.05, 0.1) is 12.2 Å². The first-order valence-electron chi connectivity index (χ1n) is 10.7. The van der Waals surface area contributed by atoms with Gasteiger partial charge in [0.25, 0.3) is 0 Å². The van der Waals surface area contributed by atoms with Gasteiger partial charge in [-0.2, -0.15) is 0 Å². The first kappa shape index (κ1) is 21.2. The third-order valence-electron chi connectivity index (χ3n) is 7.71. The van der Waals surface area contributed by atoms with Crippen LogP contribution in [0.4, 0.5) is 0 Å². The van der Waals surface area contributed by atoms with Crippen molar-refractivity contribution in [1.29, 1.82) is 0 Å². The van der Waals surface area contributed by atoms with Crippen LogP contribution in [-0.2, 0) is 0 Å². The summed E-state index contributed by atoms with van der Waals surface area (Å²) < 4.78 is 0. The molecule has 0 aliphatic heterocycles. The Morgan fingerprint density at radius 3 is 1.24 bits per heavy atom. The Balaban J connectivity index is 2.08. The molecule has 2 N–H and O–H groups in total. The summed E-state index contributed by atoms with van der Waals surface area (Å²) >= 11 is 0. The smallest absolute Gasteiger partial charge is 0.0576 e. The summed E-state index contributed by atoms with van der Waals surface area (Å²) in [6.45, 7) is 18.4. The zero-order valence-corrected chi connectivity index (χ0v) is 18.0. The van der Waals surface area contributed by atoms with E-state index in [4.69, 9.17) is 0 Å². The topological polar surface area (TPSA) is 40.5 Å². The standard InChI is InChI=1S/C23H44O2/c1-14-9-20(24)18(22(3,4)5)12-16(14)11-17-13-19(23(6,7)8)21(25)10-15(17)2/h14-21,24-25H,9-13H2,1-8H3/t14-,15?,16?,17?,18?,19?,20?,21?/m0/s1. The highest BCUT2D eigenvalue weighted by Crippen LogP contribution is 2.49. The lowest BCUT2D eigenvalue weighted by atomic mass is 9.59. The van der Waals surface area contributed by atoms with E-state index in [0.29, 0.717) is 23.7 Å². The molecule has 7 unspecified atom stereocenters. The minimum absolute atomic E-state index is 0.140. The minimum atomic E-state index is -0.140. The fraction of sp³-hybridized carbons (Fsp3) is 1.00. The van der Waals surface area contributed by atoms with Crippen LogP contribution in [0.2, 0.25) is 0 Å². The molecule has 8 atom stereocenters. The number of aliphatic hydroxyl groups excluding tert-OH is 2. The molecule has 2 heteroatoms. The van der Waals surface area contributed by atoms with E-state index in [0.717, 1.165) is 37.5 Å². The van der Waals surface area contributed by atoms with Crippen LogP contribution >= 0.6 is 0 Å². The monoisotopic (exact) mass is 352 g/mol. The van der Waals surface area contributed by atoms with Crippen LogP contribution in [0.15, 0.2) is 0 Å². The van der Waals surface area contributed by atoms with E-state index in [1.807, 2.05) is 0 Å². The van der Waals surface area contributed by atoms with Gasteiger partial charge >= 0.3 is 0 Å². The van der Waals surface area contributed by atoms with Gasteiger partial charge in [-0.1, -0.05) is 55.4 Å². The zero-order valence-electron chi connectivity index (χ0n) is 18.0. The van der Waals surface area contributed by atoms with Gasteiger partial charge in [0, 0.05) is 0 Å². The van der Waals surface area contributed by atoms with E-state index >= 15 is 0 Å². The largest absolute Gasteiger partial charge is 0.393 e. The number of rotatable bonds is 2. The highest BCUT2D eigenvalue weighted by Gasteiger charge is 2.44. The lowest BCUT2D eigenvalue weighted by Crippen LogP contribution is -2.44. The molecule has 0 saturated heterocycles. The van der Waals surface area contributed by atoms with Gasteiger partial charge in [0.1, 0.15) is 0 Å². The summed E-state index contributed by atoms with van der Waals surface area (Å²) in [5, 5.41) is 21.2. The highest BCUT2D eigenvalue weighted by molar-refractivity contribution is 4.94. The van der Waals surface area contributed by atoms with Gasteiger partial charge in [-0.15, -0.1) is 0 Å². The molecule has 0 heterocycles. The summed E-state index contributed by atoms with van der Waals surface area (Å²) in [5.41, 5.74) is 0.361. The van der Waals surface area contributed by atoms with Crippen molar-refractivity contribution in [2.45, 2.75) is 99.7 Å². The maximum absolute atomic E-state index is 10.6. The zero-order chi connectivity index (χ0) is 19.2. The first-order chi connectivity index (χ1) is 11.3. The second-order valence-corrected chi connectivity index (χ2v) is 11.7. The van der Waals surface area contributed by atoms with Gasteiger partial charge in [-0.05, 0) is 78.4 Å². The predicted molar refractivity (Wildman–Crippen MR) is 106 cm³/mol. The molecule has 0 amide bonds. The van der Waals surface area contributed by atoms with E-state index in [1.165, 1.54) is 6.42 Å². The Kier molecular flexibility index (Phi) is 6.37. The maximum Gasteiger partial charge on any atom is 0.0576 e. The van der Waals surface area contributed by atoms with Crippen LogP contribution in [0.3, 0.4) is 0 Å². The third-order valence-corrected chi connectivity index (χ3v) is 7.71. The highest BCUT2D eigenvalue weighted by atomic mass is 16.3. The molecule has 2 aliphatic rings. The van der Waals surface area contributed by atoms with Crippen molar-refractivity contribution in [3.05, 3.63) is 0 Å². The van der Waals surface area contributed by atoms with Gasteiger partial charge in [-0.3, -0.25) is 0 Å². The normalized spacial score (nSPS) is 43.9. The lowest BCUT2D eigenvalue weighted by molar-refractivity contribution is -0.0568. The SMILES string of the molecule is CC1CC(O)C(C(C)(C)C)CC1CC1CC(C(C)(C)C)C(O)C[C@@H]1C. The lowest BCUT2D eigenvalue weighted by Gasteiger charge is -2.48. The minimum Gasteiger partial charge on any atom is -0.393 e. The van der Waals surface area contributed by atoms with Crippen LogP contribution in [-0.4, -0.2) is 22.4 Å². The van der Waals surface area contributed by atoms with E-state index in [1.54, 1.807) is 0 Å². The summed E-state index contributed by atoms with van der Waals surface area (Å²) in [6.07, 6.45) is 5.24. The van der Waals surface area contributed by atoms with Crippen molar-refractivity contribution < 1.29 is 10.2 Å². The average molecular weight is 353 g/mol. The Hall–Kier alpha value is -0.0800. The molecule has 0 bridgehead atoms. The second kappa shape index (κ2) is 7.50. The fourth-order valence-corrected chi connectivity index (χ4v) is 5.81. The molecule has 2 nitrogen and oxygen atoms in total. The van der Waals surface area contributed by atoms with Gasteiger partial charge < -0.3 is 10.2 Å². The first-order valence-corrected chi connectivity index (χ1v) is 10.7. The van der Waals surface area contributed by atoms with Gasteiger partial charge in [0.2, 0.25) is 0 Å². The summed E-state index contributed by atoms with van der Waals surface area (Å²) in [6, 6.07) is 0. The maximum atomic E-state index is 10.6. The average Bonchev–Trinajstić information content (AvgIpc) is 2.41. The van der Waals surface area contributed by atoms with Crippen molar-refractivity contribution >= 4 is 0 Å². The predicted octanol–water partition coefficient (Wildman–Crippen LogP) is 5.52. The Labute approximate surface area is 156 Å². The number of hydrogen-bond donors (Lipinski definition) is 2.